The molecule has 7 heteroatoms. The number of Topliss-reactive ketones (excluding diaryl/α,β-unsaturated/α-hetero) is 1. The van der Waals surface area contributed by atoms with Crippen molar-refractivity contribution >= 4 is 17.5 Å². The largest absolute Gasteiger partial charge is 0.497 e. The van der Waals surface area contributed by atoms with Crippen LogP contribution in [0, 0.1) is 13.8 Å². The Morgan fingerprint density at radius 3 is 2.76 bits per heavy atom. The first-order chi connectivity index (χ1) is 12.0. The third-order valence-electron chi connectivity index (χ3n) is 4.26. The molecule has 3 rings (SSSR count). The molecule has 0 atom stereocenters. The lowest BCUT2D eigenvalue weighted by molar-refractivity contribution is 0.102. The number of carbonyl (C=O) groups excluding carboxylic acids is 1. The van der Waals surface area contributed by atoms with Crippen molar-refractivity contribution in [3.8, 4) is 11.4 Å². The Morgan fingerprint density at radius 1 is 1.28 bits per heavy atom. The number of hydrogen-bond donors (Lipinski definition) is 0. The molecule has 6 nitrogen and oxygen atoms in total. The summed E-state index contributed by atoms with van der Waals surface area (Å²) in [6, 6.07) is 9.57. The molecule has 3 aromatic rings. The lowest BCUT2D eigenvalue weighted by Crippen LogP contribution is -2.06. The molecule has 1 aromatic carbocycles. The van der Waals surface area contributed by atoms with Gasteiger partial charge in [-0.25, -0.2) is 0 Å². The Kier molecular flexibility index (Phi) is 4.94. The molecule has 0 saturated carbocycles. The molecule has 0 N–H and O–H groups in total. The monoisotopic (exact) mass is 356 g/mol. The molecule has 0 amide bonds. The summed E-state index contributed by atoms with van der Waals surface area (Å²) in [5.41, 5.74) is 3.72. The van der Waals surface area contributed by atoms with Crippen molar-refractivity contribution in [1.29, 1.82) is 0 Å². The molecule has 0 fully saturated rings. The predicted molar refractivity (Wildman–Crippen MR) is 97.9 cm³/mol. The van der Waals surface area contributed by atoms with Gasteiger partial charge in [-0.2, -0.15) is 0 Å². The van der Waals surface area contributed by atoms with E-state index in [4.69, 9.17) is 4.74 Å². The molecule has 0 aliphatic rings. The van der Waals surface area contributed by atoms with E-state index in [1.165, 1.54) is 11.8 Å². The highest BCUT2D eigenvalue weighted by atomic mass is 32.2. The quantitative estimate of drug-likeness (QED) is 0.501. The molecule has 0 unspecified atom stereocenters. The minimum atomic E-state index is 0.0893. The van der Waals surface area contributed by atoms with E-state index in [0.717, 1.165) is 28.4 Å². The van der Waals surface area contributed by atoms with Crippen molar-refractivity contribution in [2.24, 2.45) is 7.05 Å². The fourth-order valence-corrected chi connectivity index (χ4v) is 3.42. The molecule has 130 valence electrons. The lowest BCUT2D eigenvalue weighted by atomic mass is 10.2. The van der Waals surface area contributed by atoms with Crippen molar-refractivity contribution in [2.45, 2.75) is 19.0 Å². The van der Waals surface area contributed by atoms with Gasteiger partial charge in [0.15, 0.2) is 10.9 Å². The maximum atomic E-state index is 12.6. The topological polar surface area (TPSA) is 61.9 Å². The summed E-state index contributed by atoms with van der Waals surface area (Å²) in [5.74, 6) is 1.16. The van der Waals surface area contributed by atoms with Gasteiger partial charge >= 0.3 is 0 Å². The van der Waals surface area contributed by atoms with Crippen LogP contribution in [0.2, 0.25) is 0 Å². The van der Waals surface area contributed by atoms with Gasteiger partial charge in [0.05, 0.1) is 18.6 Å². The highest BCUT2D eigenvalue weighted by molar-refractivity contribution is 7.99. The van der Waals surface area contributed by atoms with Crippen LogP contribution in [0.5, 0.6) is 5.75 Å². The number of benzene rings is 1. The third-order valence-corrected chi connectivity index (χ3v) is 5.20. The molecule has 25 heavy (non-hydrogen) atoms. The number of nitrogens with zero attached hydrogens (tertiary/aromatic N) is 4. The van der Waals surface area contributed by atoms with Crippen LogP contribution in [-0.4, -0.2) is 38.0 Å². The zero-order chi connectivity index (χ0) is 18.0. The number of hydrogen-bond acceptors (Lipinski definition) is 5. The second-order valence-corrected chi connectivity index (χ2v) is 6.68. The Labute approximate surface area is 150 Å². The second-order valence-electron chi connectivity index (χ2n) is 5.74. The SMILES string of the molecule is COc1cccc(-n2cnnc2SCC(=O)c2cc(C)n(C)c2C)c1. The van der Waals surface area contributed by atoms with Crippen LogP contribution in [0.3, 0.4) is 0 Å². The van der Waals surface area contributed by atoms with Gasteiger partial charge in [-0.1, -0.05) is 17.8 Å². The molecular formula is C18H20N4O2S. The molecule has 0 aliphatic heterocycles. The Morgan fingerprint density at radius 2 is 2.08 bits per heavy atom. The summed E-state index contributed by atoms with van der Waals surface area (Å²) in [7, 11) is 3.60. The van der Waals surface area contributed by atoms with Gasteiger partial charge in [-0.3, -0.25) is 9.36 Å². The summed E-state index contributed by atoms with van der Waals surface area (Å²) in [6.45, 7) is 3.96. The number of ketones is 1. The minimum Gasteiger partial charge on any atom is -0.497 e. The number of aromatic nitrogens is 4. The van der Waals surface area contributed by atoms with Crippen LogP contribution >= 0.6 is 11.8 Å². The van der Waals surface area contributed by atoms with Crippen LogP contribution in [0.25, 0.3) is 5.69 Å². The van der Waals surface area contributed by atoms with Gasteiger partial charge < -0.3 is 9.30 Å². The summed E-state index contributed by atoms with van der Waals surface area (Å²) >= 11 is 1.38. The van der Waals surface area contributed by atoms with Crippen LogP contribution in [0.1, 0.15) is 21.7 Å². The van der Waals surface area contributed by atoms with E-state index in [-0.39, 0.29) is 5.78 Å². The fourth-order valence-electron chi connectivity index (χ4n) is 2.61. The molecule has 0 bridgehead atoms. The number of methoxy groups -OCH3 is 1. The molecule has 0 radical (unpaired) electrons. The average molecular weight is 356 g/mol. The van der Waals surface area contributed by atoms with Gasteiger partial charge in [0.25, 0.3) is 0 Å². The maximum absolute atomic E-state index is 12.6. The highest BCUT2D eigenvalue weighted by Gasteiger charge is 2.16. The normalized spacial score (nSPS) is 10.9. The maximum Gasteiger partial charge on any atom is 0.196 e. The number of carbonyl (C=O) groups is 1. The lowest BCUT2D eigenvalue weighted by Gasteiger charge is -2.08. The number of rotatable bonds is 6. The van der Waals surface area contributed by atoms with Crippen molar-refractivity contribution in [1.82, 2.24) is 19.3 Å². The summed E-state index contributed by atoms with van der Waals surface area (Å²) in [6.07, 6.45) is 1.64. The van der Waals surface area contributed by atoms with E-state index >= 15 is 0 Å². The molecule has 2 heterocycles. The molecule has 2 aromatic heterocycles. The van der Waals surface area contributed by atoms with Crippen molar-refractivity contribution in [3.63, 3.8) is 0 Å². The molecular weight excluding hydrogens is 336 g/mol. The van der Waals surface area contributed by atoms with Crippen LogP contribution < -0.4 is 4.74 Å². The Balaban J connectivity index is 1.77. The number of thioether (sulfide) groups is 1. The van der Waals surface area contributed by atoms with Gasteiger partial charge in [-0.15, -0.1) is 10.2 Å². The van der Waals surface area contributed by atoms with Crippen molar-refractivity contribution in [2.75, 3.05) is 12.9 Å². The third kappa shape index (κ3) is 3.46. The van der Waals surface area contributed by atoms with Crippen LogP contribution in [0.4, 0.5) is 0 Å². The highest BCUT2D eigenvalue weighted by Crippen LogP contribution is 2.24. The van der Waals surface area contributed by atoms with Gasteiger partial charge in [0.1, 0.15) is 12.1 Å². The van der Waals surface area contributed by atoms with E-state index in [0.29, 0.717) is 10.9 Å². The standard InChI is InChI=1S/C18H20N4O2S/c1-12-8-16(13(2)21(12)3)17(23)10-25-18-20-19-11-22(18)14-6-5-7-15(9-14)24-4/h5-9,11H,10H2,1-4H3. The van der Waals surface area contributed by atoms with Gasteiger partial charge in [0, 0.05) is 30.1 Å². The first-order valence-electron chi connectivity index (χ1n) is 7.84. The van der Waals surface area contributed by atoms with Gasteiger partial charge in [0.2, 0.25) is 0 Å². The number of ether oxygens (including phenoxy) is 1. The Bertz CT molecular complexity index is 914. The first-order valence-corrected chi connectivity index (χ1v) is 8.83. The van der Waals surface area contributed by atoms with Gasteiger partial charge in [-0.05, 0) is 32.0 Å². The minimum absolute atomic E-state index is 0.0893. The van der Waals surface area contributed by atoms with E-state index in [1.54, 1.807) is 13.4 Å². The van der Waals surface area contributed by atoms with E-state index < -0.39 is 0 Å². The molecule has 0 aliphatic carbocycles. The summed E-state index contributed by atoms with van der Waals surface area (Å²) < 4.78 is 9.13. The fraction of sp³-hybridized carbons (Fsp3) is 0.278. The summed E-state index contributed by atoms with van der Waals surface area (Å²) in [5, 5.41) is 8.79. The van der Waals surface area contributed by atoms with Crippen molar-refractivity contribution in [3.05, 3.63) is 53.6 Å². The second kappa shape index (κ2) is 7.14. The number of aryl methyl sites for hydroxylation is 1. The predicted octanol–water partition coefficient (Wildman–Crippen LogP) is 3.21. The molecule has 0 saturated heterocycles. The van der Waals surface area contributed by atoms with Crippen LogP contribution in [0.15, 0.2) is 41.8 Å². The van der Waals surface area contributed by atoms with Crippen LogP contribution in [-0.2, 0) is 7.05 Å². The average Bonchev–Trinajstić information content (AvgIpc) is 3.20. The van der Waals surface area contributed by atoms with E-state index in [9.17, 15) is 4.79 Å². The summed E-state index contributed by atoms with van der Waals surface area (Å²) in [4.78, 5) is 12.6. The van der Waals surface area contributed by atoms with E-state index in [2.05, 4.69) is 10.2 Å². The smallest absolute Gasteiger partial charge is 0.196 e. The van der Waals surface area contributed by atoms with E-state index in [1.807, 2.05) is 60.4 Å². The van der Waals surface area contributed by atoms with Crippen molar-refractivity contribution < 1.29 is 9.53 Å². The Hall–Kier alpha value is -2.54. The zero-order valence-corrected chi connectivity index (χ0v) is 15.5. The molecule has 0 spiro atoms. The first kappa shape index (κ1) is 17.3. The zero-order valence-electron chi connectivity index (χ0n) is 14.7.